The highest BCUT2D eigenvalue weighted by Crippen LogP contribution is 2.18. The molecule has 0 N–H and O–H groups in total. The lowest BCUT2D eigenvalue weighted by atomic mass is 9.99. The third kappa shape index (κ3) is 4.04. The van der Waals surface area contributed by atoms with Gasteiger partial charge in [0.2, 0.25) is 11.7 Å². The molecule has 0 amide bonds. The summed E-state index contributed by atoms with van der Waals surface area (Å²) in [5, 5.41) is 3.92. The number of hydrogen-bond donors (Lipinski definition) is 0. The van der Waals surface area contributed by atoms with Crippen LogP contribution in [0.3, 0.4) is 0 Å². The standard InChI is InChI=1S/C16H20FN3O2/c1-12-6-8-20(9-7-12)10-16-18-15(19-22-16)11-21-14-4-2-13(17)3-5-14/h2-5,12H,6-11H2,1H3. The topological polar surface area (TPSA) is 51.4 Å². The summed E-state index contributed by atoms with van der Waals surface area (Å²) in [6.45, 7) is 5.34. The van der Waals surface area contributed by atoms with Crippen LogP contribution in [0, 0.1) is 11.7 Å². The normalized spacial score (nSPS) is 16.8. The van der Waals surface area contributed by atoms with Gasteiger partial charge in [-0.15, -0.1) is 0 Å². The molecule has 1 aliphatic heterocycles. The van der Waals surface area contributed by atoms with Crippen molar-refractivity contribution in [3.8, 4) is 5.75 Å². The van der Waals surface area contributed by atoms with E-state index in [1.807, 2.05) is 0 Å². The first-order chi connectivity index (χ1) is 10.7. The van der Waals surface area contributed by atoms with E-state index >= 15 is 0 Å². The lowest BCUT2D eigenvalue weighted by Crippen LogP contribution is -2.32. The molecule has 0 saturated carbocycles. The fourth-order valence-corrected chi connectivity index (χ4v) is 2.50. The van der Waals surface area contributed by atoms with Gasteiger partial charge in [0.1, 0.15) is 11.6 Å². The molecule has 1 aromatic heterocycles. The van der Waals surface area contributed by atoms with Gasteiger partial charge in [0.25, 0.3) is 0 Å². The van der Waals surface area contributed by atoms with Gasteiger partial charge in [-0.3, -0.25) is 4.90 Å². The second-order valence-corrected chi connectivity index (χ2v) is 5.81. The summed E-state index contributed by atoms with van der Waals surface area (Å²) in [4.78, 5) is 6.67. The van der Waals surface area contributed by atoms with E-state index in [1.165, 1.54) is 25.0 Å². The Morgan fingerprint density at radius 3 is 2.73 bits per heavy atom. The Balaban J connectivity index is 1.49. The van der Waals surface area contributed by atoms with E-state index in [4.69, 9.17) is 9.26 Å². The Morgan fingerprint density at radius 1 is 1.27 bits per heavy atom. The van der Waals surface area contributed by atoms with Crippen LogP contribution >= 0.6 is 0 Å². The zero-order valence-electron chi connectivity index (χ0n) is 12.7. The first-order valence-electron chi connectivity index (χ1n) is 7.61. The van der Waals surface area contributed by atoms with Crippen molar-refractivity contribution in [1.29, 1.82) is 0 Å². The molecule has 0 radical (unpaired) electrons. The van der Waals surface area contributed by atoms with Gasteiger partial charge in [0, 0.05) is 0 Å². The molecular formula is C16H20FN3O2. The largest absolute Gasteiger partial charge is 0.485 e. The van der Waals surface area contributed by atoms with E-state index in [9.17, 15) is 4.39 Å². The molecule has 1 aromatic carbocycles. The molecule has 2 heterocycles. The Morgan fingerprint density at radius 2 is 2.00 bits per heavy atom. The van der Waals surface area contributed by atoms with Gasteiger partial charge < -0.3 is 9.26 Å². The number of rotatable bonds is 5. The van der Waals surface area contributed by atoms with Gasteiger partial charge in [-0.05, 0) is 56.1 Å². The smallest absolute Gasteiger partial charge is 0.240 e. The Hall–Kier alpha value is -1.95. The highest BCUT2D eigenvalue weighted by Gasteiger charge is 2.18. The maximum absolute atomic E-state index is 12.8. The van der Waals surface area contributed by atoms with Crippen LogP contribution in [0.15, 0.2) is 28.8 Å². The van der Waals surface area contributed by atoms with Crippen molar-refractivity contribution < 1.29 is 13.7 Å². The summed E-state index contributed by atoms with van der Waals surface area (Å²) in [6, 6.07) is 5.86. The van der Waals surface area contributed by atoms with Gasteiger partial charge in [-0.2, -0.15) is 4.98 Å². The number of nitrogens with zero attached hydrogens (tertiary/aromatic N) is 3. The molecule has 118 valence electrons. The van der Waals surface area contributed by atoms with Gasteiger partial charge in [0.05, 0.1) is 6.54 Å². The Labute approximate surface area is 129 Å². The number of aromatic nitrogens is 2. The SMILES string of the molecule is CC1CCN(Cc2nc(COc3ccc(F)cc3)no2)CC1. The second-order valence-electron chi connectivity index (χ2n) is 5.81. The summed E-state index contributed by atoms with van der Waals surface area (Å²) >= 11 is 0. The molecular weight excluding hydrogens is 285 g/mol. The lowest BCUT2D eigenvalue weighted by Gasteiger charge is -2.28. The maximum Gasteiger partial charge on any atom is 0.240 e. The van der Waals surface area contributed by atoms with Gasteiger partial charge in [-0.1, -0.05) is 12.1 Å². The molecule has 0 atom stereocenters. The molecule has 6 heteroatoms. The van der Waals surface area contributed by atoms with Crippen molar-refractivity contribution in [2.75, 3.05) is 13.1 Å². The van der Waals surface area contributed by atoms with E-state index in [0.717, 1.165) is 19.0 Å². The summed E-state index contributed by atoms with van der Waals surface area (Å²) in [5.74, 6) is 2.22. The molecule has 0 bridgehead atoms. The van der Waals surface area contributed by atoms with Crippen molar-refractivity contribution >= 4 is 0 Å². The number of halogens is 1. The fourth-order valence-electron chi connectivity index (χ4n) is 2.50. The minimum atomic E-state index is -0.287. The highest BCUT2D eigenvalue weighted by molar-refractivity contribution is 5.22. The second kappa shape index (κ2) is 6.87. The number of hydrogen-bond acceptors (Lipinski definition) is 5. The van der Waals surface area contributed by atoms with E-state index in [1.54, 1.807) is 12.1 Å². The van der Waals surface area contributed by atoms with Crippen molar-refractivity contribution in [3.05, 3.63) is 41.8 Å². The van der Waals surface area contributed by atoms with Crippen molar-refractivity contribution in [1.82, 2.24) is 15.0 Å². The van der Waals surface area contributed by atoms with E-state index in [-0.39, 0.29) is 12.4 Å². The van der Waals surface area contributed by atoms with Crippen LogP contribution < -0.4 is 4.74 Å². The van der Waals surface area contributed by atoms with Crippen LogP contribution in [-0.4, -0.2) is 28.1 Å². The molecule has 5 nitrogen and oxygen atoms in total. The average Bonchev–Trinajstić information content (AvgIpc) is 2.97. The van der Waals surface area contributed by atoms with Gasteiger partial charge in [-0.25, -0.2) is 4.39 Å². The maximum atomic E-state index is 12.8. The number of ether oxygens (including phenoxy) is 1. The van der Waals surface area contributed by atoms with Crippen LogP contribution in [0.25, 0.3) is 0 Å². The van der Waals surface area contributed by atoms with Crippen LogP contribution in [0.1, 0.15) is 31.5 Å². The molecule has 0 spiro atoms. The first-order valence-corrected chi connectivity index (χ1v) is 7.61. The summed E-state index contributed by atoms with van der Waals surface area (Å²) in [6.07, 6.45) is 2.43. The van der Waals surface area contributed by atoms with Crippen LogP contribution in [0.5, 0.6) is 5.75 Å². The van der Waals surface area contributed by atoms with Gasteiger partial charge >= 0.3 is 0 Å². The van der Waals surface area contributed by atoms with Crippen molar-refractivity contribution in [3.63, 3.8) is 0 Å². The van der Waals surface area contributed by atoms with Crippen LogP contribution in [-0.2, 0) is 13.2 Å². The molecule has 0 aliphatic carbocycles. The summed E-state index contributed by atoms with van der Waals surface area (Å²) < 4.78 is 23.6. The van der Waals surface area contributed by atoms with Crippen LogP contribution in [0.4, 0.5) is 4.39 Å². The molecule has 2 aromatic rings. The first kappa shape index (κ1) is 15.0. The third-order valence-electron chi connectivity index (χ3n) is 3.93. The molecule has 1 aliphatic rings. The minimum absolute atomic E-state index is 0.214. The van der Waals surface area contributed by atoms with Gasteiger partial charge in [0.15, 0.2) is 6.61 Å². The molecule has 1 saturated heterocycles. The van der Waals surface area contributed by atoms with Crippen molar-refractivity contribution in [2.45, 2.75) is 32.9 Å². The average molecular weight is 305 g/mol. The zero-order valence-corrected chi connectivity index (χ0v) is 12.7. The quantitative estimate of drug-likeness (QED) is 0.850. The van der Waals surface area contributed by atoms with Crippen molar-refractivity contribution in [2.24, 2.45) is 5.92 Å². The van der Waals surface area contributed by atoms with E-state index in [2.05, 4.69) is 22.0 Å². The number of benzene rings is 1. The Bertz CT molecular complexity index is 592. The summed E-state index contributed by atoms with van der Waals surface area (Å²) in [5.41, 5.74) is 0. The zero-order chi connectivity index (χ0) is 15.4. The molecule has 3 rings (SSSR count). The predicted octanol–water partition coefficient (Wildman–Crippen LogP) is 3.02. The number of likely N-dealkylation sites (tertiary alicyclic amines) is 1. The number of piperidine rings is 1. The molecule has 1 fully saturated rings. The lowest BCUT2D eigenvalue weighted by molar-refractivity contribution is 0.165. The molecule has 22 heavy (non-hydrogen) atoms. The van der Waals surface area contributed by atoms with E-state index < -0.39 is 0 Å². The molecule has 0 unspecified atom stereocenters. The summed E-state index contributed by atoms with van der Waals surface area (Å²) in [7, 11) is 0. The Kier molecular flexibility index (Phi) is 4.68. The van der Waals surface area contributed by atoms with Crippen LogP contribution in [0.2, 0.25) is 0 Å². The highest BCUT2D eigenvalue weighted by atomic mass is 19.1. The monoisotopic (exact) mass is 305 g/mol. The fraction of sp³-hybridized carbons (Fsp3) is 0.500. The van der Waals surface area contributed by atoms with E-state index in [0.29, 0.717) is 24.0 Å². The minimum Gasteiger partial charge on any atom is -0.485 e. The third-order valence-corrected chi connectivity index (χ3v) is 3.93. The predicted molar refractivity (Wildman–Crippen MR) is 78.7 cm³/mol.